The second kappa shape index (κ2) is 2.12. The lowest BCUT2D eigenvalue weighted by molar-refractivity contribution is 0.842. The molecule has 1 aliphatic rings. The Kier molecular flexibility index (Phi) is 1.27. The standard InChI is InChI=1S/C6H6BrN3/c7-5-4-8-6-2-1-3-9-10(5)6/h1-2,4,9H,3H2. The molecule has 1 aromatic rings. The van der Waals surface area contributed by atoms with E-state index in [4.69, 9.17) is 0 Å². The molecule has 10 heavy (non-hydrogen) atoms. The van der Waals surface area contributed by atoms with Crippen molar-refractivity contribution in [1.82, 2.24) is 9.66 Å². The zero-order valence-corrected chi connectivity index (χ0v) is 6.80. The highest BCUT2D eigenvalue weighted by Gasteiger charge is 2.05. The molecular formula is C6H6BrN3. The van der Waals surface area contributed by atoms with Crippen LogP contribution in [0.5, 0.6) is 0 Å². The average Bonchev–Trinajstić information content (AvgIpc) is 2.34. The first-order chi connectivity index (χ1) is 4.88. The molecule has 0 spiro atoms. The van der Waals surface area contributed by atoms with Crippen LogP contribution in [0, 0.1) is 0 Å². The van der Waals surface area contributed by atoms with Gasteiger partial charge in [-0.2, -0.15) is 0 Å². The number of fused-ring (bicyclic) bond motifs is 1. The van der Waals surface area contributed by atoms with Crippen molar-refractivity contribution < 1.29 is 0 Å². The normalized spacial score (nSPS) is 14.5. The Bertz CT molecular complexity index is 277. The Balaban J connectivity index is 2.57. The van der Waals surface area contributed by atoms with Gasteiger partial charge in [-0.1, -0.05) is 6.08 Å². The molecule has 1 N–H and O–H groups in total. The van der Waals surface area contributed by atoms with Crippen LogP contribution in [0.1, 0.15) is 5.82 Å². The lowest BCUT2D eigenvalue weighted by Crippen LogP contribution is -2.19. The predicted octanol–water partition coefficient (Wildman–Crippen LogP) is 1.22. The number of hydrogen-bond donors (Lipinski definition) is 1. The summed E-state index contributed by atoms with van der Waals surface area (Å²) in [5.41, 5.74) is 3.13. The summed E-state index contributed by atoms with van der Waals surface area (Å²) in [5, 5.41) is 0. The van der Waals surface area contributed by atoms with Crippen molar-refractivity contribution in [2.45, 2.75) is 0 Å². The minimum atomic E-state index is 0.863. The van der Waals surface area contributed by atoms with Crippen LogP contribution in [0.25, 0.3) is 6.08 Å². The molecule has 3 nitrogen and oxygen atoms in total. The molecule has 0 bridgehead atoms. The summed E-state index contributed by atoms with van der Waals surface area (Å²) in [6, 6.07) is 0. The molecule has 0 atom stereocenters. The van der Waals surface area contributed by atoms with Crippen molar-refractivity contribution in [3.63, 3.8) is 0 Å². The fraction of sp³-hybridized carbons (Fsp3) is 0.167. The lowest BCUT2D eigenvalue weighted by atomic mass is 10.4. The third-order valence-corrected chi connectivity index (χ3v) is 1.94. The van der Waals surface area contributed by atoms with Gasteiger partial charge in [-0.15, -0.1) is 0 Å². The van der Waals surface area contributed by atoms with E-state index in [2.05, 4.69) is 26.3 Å². The molecule has 0 saturated heterocycles. The van der Waals surface area contributed by atoms with E-state index in [1.807, 2.05) is 16.8 Å². The highest BCUT2D eigenvalue weighted by molar-refractivity contribution is 9.10. The Hall–Kier alpha value is -0.770. The number of aromatic nitrogens is 2. The van der Waals surface area contributed by atoms with E-state index in [-0.39, 0.29) is 0 Å². The molecule has 0 radical (unpaired) electrons. The summed E-state index contributed by atoms with van der Waals surface area (Å²) in [6.07, 6.45) is 5.80. The van der Waals surface area contributed by atoms with E-state index >= 15 is 0 Å². The molecule has 0 aromatic carbocycles. The molecule has 0 aliphatic carbocycles. The highest BCUT2D eigenvalue weighted by Crippen LogP contribution is 2.13. The van der Waals surface area contributed by atoms with Crippen LogP contribution in [0.3, 0.4) is 0 Å². The molecular weight excluding hydrogens is 194 g/mol. The molecule has 0 fully saturated rings. The van der Waals surface area contributed by atoms with Gasteiger partial charge < -0.3 is 5.43 Å². The van der Waals surface area contributed by atoms with Crippen LogP contribution in [-0.4, -0.2) is 16.2 Å². The first kappa shape index (κ1) is 5.97. The summed E-state index contributed by atoms with van der Waals surface area (Å²) < 4.78 is 2.87. The lowest BCUT2D eigenvalue weighted by Gasteiger charge is -2.11. The minimum Gasteiger partial charge on any atom is -0.320 e. The van der Waals surface area contributed by atoms with Crippen molar-refractivity contribution in [2.75, 3.05) is 12.0 Å². The highest BCUT2D eigenvalue weighted by atomic mass is 79.9. The van der Waals surface area contributed by atoms with Gasteiger partial charge in [-0.3, -0.25) is 0 Å². The second-order valence-corrected chi connectivity index (χ2v) is 2.85. The zero-order chi connectivity index (χ0) is 6.97. The zero-order valence-electron chi connectivity index (χ0n) is 5.21. The largest absolute Gasteiger partial charge is 0.320 e. The maximum Gasteiger partial charge on any atom is 0.151 e. The summed E-state index contributed by atoms with van der Waals surface area (Å²) in [6.45, 7) is 0.863. The Morgan fingerprint density at radius 2 is 2.60 bits per heavy atom. The van der Waals surface area contributed by atoms with E-state index < -0.39 is 0 Å². The first-order valence-corrected chi connectivity index (χ1v) is 3.81. The molecule has 2 heterocycles. The third kappa shape index (κ3) is 0.759. The third-order valence-electron chi connectivity index (χ3n) is 1.38. The van der Waals surface area contributed by atoms with Gasteiger partial charge in [0.25, 0.3) is 0 Å². The van der Waals surface area contributed by atoms with Crippen molar-refractivity contribution in [3.05, 3.63) is 22.7 Å². The second-order valence-electron chi connectivity index (χ2n) is 2.04. The first-order valence-electron chi connectivity index (χ1n) is 3.01. The molecule has 0 unspecified atom stereocenters. The smallest absolute Gasteiger partial charge is 0.151 e. The van der Waals surface area contributed by atoms with Crippen LogP contribution >= 0.6 is 15.9 Å². The Morgan fingerprint density at radius 1 is 1.70 bits per heavy atom. The molecule has 4 heteroatoms. The quantitative estimate of drug-likeness (QED) is 0.682. The van der Waals surface area contributed by atoms with Gasteiger partial charge in [-0.05, 0) is 22.0 Å². The summed E-state index contributed by atoms with van der Waals surface area (Å²) in [7, 11) is 0. The van der Waals surface area contributed by atoms with Crippen LogP contribution in [-0.2, 0) is 0 Å². The van der Waals surface area contributed by atoms with E-state index in [1.54, 1.807) is 6.20 Å². The van der Waals surface area contributed by atoms with Crippen LogP contribution < -0.4 is 5.43 Å². The summed E-state index contributed by atoms with van der Waals surface area (Å²) in [4.78, 5) is 4.12. The van der Waals surface area contributed by atoms with E-state index in [1.165, 1.54) is 0 Å². The van der Waals surface area contributed by atoms with Crippen LogP contribution in [0.15, 0.2) is 16.9 Å². The van der Waals surface area contributed by atoms with Gasteiger partial charge in [0, 0.05) is 6.54 Å². The number of nitrogens with one attached hydrogen (secondary N) is 1. The van der Waals surface area contributed by atoms with Gasteiger partial charge in [0.2, 0.25) is 0 Å². The molecule has 1 aliphatic heterocycles. The monoisotopic (exact) mass is 199 g/mol. The minimum absolute atomic E-state index is 0.863. The summed E-state index contributed by atoms with van der Waals surface area (Å²) >= 11 is 3.36. The SMILES string of the molecule is Brc1cnc2n1NCC=C2. The molecule has 1 aromatic heterocycles. The van der Waals surface area contributed by atoms with E-state index in [9.17, 15) is 0 Å². The number of halogens is 1. The van der Waals surface area contributed by atoms with Gasteiger partial charge in [-0.25, -0.2) is 9.66 Å². The van der Waals surface area contributed by atoms with Crippen LogP contribution in [0.2, 0.25) is 0 Å². The van der Waals surface area contributed by atoms with Crippen molar-refractivity contribution >= 4 is 22.0 Å². The van der Waals surface area contributed by atoms with Gasteiger partial charge in [0.15, 0.2) is 5.82 Å². The molecule has 0 amide bonds. The molecule has 52 valence electrons. The van der Waals surface area contributed by atoms with Crippen molar-refractivity contribution in [3.8, 4) is 0 Å². The van der Waals surface area contributed by atoms with Crippen molar-refractivity contribution in [2.24, 2.45) is 0 Å². The van der Waals surface area contributed by atoms with Gasteiger partial charge in [0.05, 0.1) is 6.20 Å². The fourth-order valence-electron chi connectivity index (χ4n) is 0.927. The number of imidazole rings is 1. The Morgan fingerprint density at radius 3 is 3.40 bits per heavy atom. The number of nitrogens with zero attached hydrogens (tertiary/aromatic N) is 2. The number of rotatable bonds is 0. The molecule has 0 saturated carbocycles. The van der Waals surface area contributed by atoms with Crippen molar-refractivity contribution in [1.29, 1.82) is 0 Å². The topological polar surface area (TPSA) is 29.9 Å². The fourth-order valence-corrected chi connectivity index (χ4v) is 1.34. The van der Waals surface area contributed by atoms with E-state index in [0.29, 0.717) is 0 Å². The predicted molar refractivity (Wildman–Crippen MR) is 43.2 cm³/mol. The van der Waals surface area contributed by atoms with E-state index in [0.717, 1.165) is 17.0 Å². The van der Waals surface area contributed by atoms with Crippen LogP contribution in [0.4, 0.5) is 0 Å². The maximum atomic E-state index is 4.12. The summed E-state index contributed by atoms with van der Waals surface area (Å²) in [5.74, 6) is 0.943. The average molecular weight is 200 g/mol. The maximum absolute atomic E-state index is 4.12. The van der Waals surface area contributed by atoms with Gasteiger partial charge >= 0.3 is 0 Å². The van der Waals surface area contributed by atoms with Gasteiger partial charge in [0.1, 0.15) is 4.60 Å². The Labute approximate surface area is 66.9 Å². The molecule has 2 rings (SSSR count). The number of hydrogen-bond acceptors (Lipinski definition) is 2.